The largest absolute Gasteiger partial charge is 0.403 e. The van der Waals surface area contributed by atoms with E-state index in [-0.39, 0.29) is 5.91 Å². The normalized spacial score (nSPS) is 15.0. The molecule has 0 bridgehead atoms. The van der Waals surface area contributed by atoms with Crippen LogP contribution < -0.4 is 4.67 Å². The van der Waals surface area contributed by atoms with E-state index in [1.54, 1.807) is 0 Å². The number of amides is 1. The molecule has 1 aliphatic heterocycles. The van der Waals surface area contributed by atoms with Crippen LogP contribution in [0, 0.1) is 13.8 Å². The molecule has 0 N–H and O–H groups in total. The summed E-state index contributed by atoms with van der Waals surface area (Å²) in [6, 6.07) is 21.2. The third-order valence-corrected chi connectivity index (χ3v) is 8.20. The highest BCUT2D eigenvalue weighted by atomic mass is 31.1. The molecule has 0 saturated carbocycles. The third-order valence-electron chi connectivity index (χ3n) is 6.71. The highest BCUT2D eigenvalue weighted by Gasteiger charge is 2.24. The van der Waals surface area contributed by atoms with Gasteiger partial charge in [0.25, 0.3) is 0 Å². The Balaban J connectivity index is 1.88. The predicted octanol–water partition coefficient (Wildman–Crippen LogP) is 8.25. The zero-order chi connectivity index (χ0) is 22.5. The van der Waals surface area contributed by atoms with Crippen molar-refractivity contribution in [2.24, 2.45) is 0 Å². The molecule has 1 fully saturated rings. The average Bonchev–Trinajstić information content (AvgIpc) is 3.14. The van der Waals surface area contributed by atoms with Gasteiger partial charge in [-0.1, -0.05) is 55.0 Å². The molecule has 166 valence electrons. The highest BCUT2D eigenvalue weighted by Crippen LogP contribution is 2.44. The number of hydrogen-bond acceptors (Lipinski definition) is 3. The SMILES string of the molecule is Cc1cc2ccccc2c2c1op(N1CCCCCC1=O)oc1c(C)cc3ccccc3c12. The minimum atomic E-state index is -1.61. The van der Waals surface area contributed by atoms with Gasteiger partial charge in [-0.2, -0.15) is 0 Å². The number of benzene rings is 4. The van der Waals surface area contributed by atoms with Gasteiger partial charge in [-0.25, -0.2) is 4.67 Å². The number of fused-ring (bicyclic) bond motifs is 7. The summed E-state index contributed by atoms with van der Waals surface area (Å²) in [5, 5.41) is 6.74. The van der Waals surface area contributed by atoms with Crippen molar-refractivity contribution >= 4 is 57.6 Å². The first-order chi connectivity index (χ1) is 16.1. The molecule has 1 aliphatic rings. The molecule has 0 unspecified atom stereocenters. The molecule has 1 saturated heterocycles. The Kier molecular flexibility index (Phi) is 4.92. The van der Waals surface area contributed by atoms with Gasteiger partial charge in [0.05, 0.1) is 0 Å². The van der Waals surface area contributed by atoms with Gasteiger partial charge in [0.15, 0.2) is 0 Å². The maximum atomic E-state index is 13.0. The molecular weight excluding hydrogens is 429 g/mol. The van der Waals surface area contributed by atoms with Crippen molar-refractivity contribution in [2.45, 2.75) is 39.5 Å². The smallest absolute Gasteiger partial charge is 0.343 e. The first kappa shape index (κ1) is 20.4. The van der Waals surface area contributed by atoms with E-state index in [0.29, 0.717) is 13.0 Å². The molecule has 33 heavy (non-hydrogen) atoms. The Morgan fingerprint density at radius 2 is 1.30 bits per heavy atom. The zero-order valence-corrected chi connectivity index (χ0v) is 19.8. The van der Waals surface area contributed by atoms with Crippen molar-refractivity contribution in [3.05, 3.63) is 71.8 Å². The van der Waals surface area contributed by atoms with Crippen molar-refractivity contribution in [2.75, 3.05) is 11.2 Å². The number of rotatable bonds is 1. The molecule has 1 aromatic heterocycles. The molecule has 0 spiro atoms. The summed E-state index contributed by atoms with van der Waals surface area (Å²) in [4.78, 5) is 13.0. The number of aryl methyl sites for hydroxylation is 2. The van der Waals surface area contributed by atoms with Crippen LogP contribution >= 0.6 is 8.16 Å². The molecule has 5 aromatic rings. The van der Waals surface area contributed by atoms with Gasteiger partial charge in [0.2, 0.25) is 5.91 Å². The average molecular weight is 455 g/mol. The first-order valence-electron chi connectivity index (χ1n) is 11.6. The van der Waals surface area contributed by atoms with E-state index in [1.807, 2.05) is 4.67 Å². The maximum absolute atomic E-state index is 13.0. The van der Waals surface area contributed by atoms with Crippen LogP contribution in [0.1, 0.15) is 36.8 Å². The van der Waals surface area contributed by atoms with Crippen molar-refractivity contribution < 1.29 is 13.2 Å². The lowest BCUT2D eigenvalue weighted by Gasteiger charge is -2.16. The van der Waals surface area contributed by atoms with Crippen molar-refractivity contribution in [3.8, 4) is 0 Å². The van der Waals surface area contributed by atoms with Crippen LogP contribution in [0.2, 0.25) is 0 Å². The fraction of sp³-hybridized carbons (Fsp3) is 0.250. The fourth-order valence-corrected chi connectivity index (χ4v) is 6.69. The Morgan fingerprint density at radius 3 is 1.88 bits per heavy atom. The molecule has 0 atom stereocenters. The van der Waals surface area contributed by atoms with Gasteiger partial charge in [0.1, 0.15) is 11.2 Å². The summed E-state index contributed by atoms with van der Waals surface area (Å²) in [7, 11) is -1.61. The molecule has 4 aromatic carbocycles. The fourth-order valence-electron chi connectivity index (χ4n) is 5.08. The van der Waals surface area contributed by atoms with Crippen LogP contribution in [-0.4, -0.2) is 12.5 Å². The van der Waals surface area contributed by atoms with Crippen LogP contribution in [0.3, 0.4) is 0 Å². The van der Waals surface area contributed by atoms with Gasteiger partial charge in [-0.05, 0) is 71.5 Å². The minimum absolute atomic E-state index is 0.125. The van der Waals surface area contributed by atoms with Gasteiger partial charge >= 0.3 is 8.16 Å². The molecule has 5 heteroatoms. The number of hydrogen-bond donors (Lipinski definition) is 0. The van der Waals surface area contributed by atoms with E-state index in [2.05, 4.69) is 74.5 Å². The summed E-state index contributed by atoms with van der Waals surface area (Å²) < 4.78 is 15.2. The van der Waals surface area contributed by atoms with E-state index >= 15 is 0 Å². The number of nitrogens with zero attached hydrogens (tertiary/aromatic N) is 1. The van der Waals surface area contributed by atoms with Crippen LogP contribution in [0.5, 0.6) is 0 Å². The van der Waals surface area contributed by atoms with Crippen LogP contribution in [-0.2, 0) is 4.79 Å². The Bertz CT molecular complexity index is 1500. The first-order valence-corrected chi connectivity index (χ1v) is 12.8. The van der Waals surface area contributed by atoms with Crippen molar-refractivity contribution in [3.63, 3.8) is 0 Å². The highest BCUT2D eigenvalue weighted by molar-refractivity contribution is 7.40. The Morgan fingerprint density at radius 1 is 0.758 bits per heavy atom. The van der Waals surface area contributed by atoms with Gasteiger partial charge in [-0.15, -0.1) is 0 Å². The number of carbonyl (C=O) groups excluding carboxylic acids is 1. The Hall–Kier alpha value is -3.23. The molecular formula is C28H26NO3P. The van der Waals surface area contributed by atoms with Gasteiger partial charge < -0.3 is 8.39 Å². The van der Waals surface area contributed by atoms with Crippen molar-refractivity contribution in [1.29, 1.82) is 0 Å². The second kappa shape index (κ2) is 7.97. The zero-order valence-electron chi connectivity index (χ0n) is 18.9. The topological polar surface area (TPSA) is 46.6 Å². The monoisotopic (exact) mass is 455 g/mol. The lowest BCUT2D eigenvalue weighted by atomic mass is 9.95. The Labute approximate surface area is 193 Å². The third kappa shape index (κ3) is 3.32. The van der Waals surface area contributed by atoms with E-state index in [9.17, 15) is 4.79 Å². The number of carbonyl (C=O) groups is 1. The van der Waals surface area contributed by atoms with Crippen LogP contribution in [0.25, 0.3) is 43.5 Å². The molecule has 0 aliphatic carbocycles. The van der Waals surface area contributed by atoms with E-state index in [0.717, 1.165) is 63.1 Å². The minimum Gasteiger partial charge on any atom is -0.403 e. The summed E-state index contributed by atoms with van der Waals surface area (Å²) >= 11 is 0. The molecule has 0 radical (unpaired) electrons. The molecule has 1 amide bonds. The summed E-state index contributed by atoms with van der Waals surface area (Å²) in [6.45, 7) is 4.85. The van der Waals surface area contributed by atoms with Crippen molar-refractivity contribution in [1.82, 2.24) is 0 Å². The second-order valence-electron chi connectivity index (χ2n) is 8.99. The van der Waals surface area contributed by atoms with Gasteiger partial charge in [-0.3, -0.25) is 4.79 Å². The van der Waals surface area contributed by atoms with Gasteiger partial charge in [0, 0.05) is 23.7 Å². The van der Waals surface area contributed by atoms with Crippen LogP contribution in [0.15, 0.2) is 69.1 Å². The van der Waals surface area contributed by atoms with Crippen LogP contribution in [0.4, 0.5) is 0 Å². The summed E-state index contributed by atoms with van der Waals surface area (Å²) in [5.41, 5.74) is 3.76. The lowest BCUT2D eigenvalue weighted by molar-refractivity contribution is -0.117. The molecule has 6 rings (SSSR count). The van der Waals surface area contributed by atoms with E-state index < -0.39 is 8.16 Å². The molecule has 4 nitrogen and oxygen atoms in total. The summed E-state index contributed by atoms with van der Waals surface area (Å²) in [6.07, 6.45) is 3.52. The summed E-state index contributed by atoms with van der Waals surface area (Å²) in [5.74, 6) is 0.125. The van der Waals surface area contributed by atoms with E-state index in [1.165, 1.54) is 10.8 Å². The quantitative estimate of drug-likeness (QED) is 0.256. The standard InChI is InChI=1S/C28H26NO3P/c1-18-16-20-10-5-7-12-22(20)25-26-23-13-8-6-11-21(23)17-19(2)28(26)32-33(31-27(18)25)29-15-9-3-4-14-24(29)30/h5-8,10-13,16-17H,3-4,9,14-15H2,1-2H3. The maximum Gasteiger partial charge on any atom is 0.343 e. The molecule has 2 heterocycles. The second-order valence-corrected chi connectivity index (χ2v) is 10.3. The lowest BCUT2D eigenvalue weighted by Crippen LogP contribution is -2.26. The van der Waals surface area contributed by atoms with E-state index in [4.69, 9.17) is 8.39 Å². The predicted molar refractivity (Wildman–Crippen MR) is 137 cm³/mol.